The number of aliphatic carboxylic acids is 1. The van der Waals surface area contributed by atoms with Gasteiger partial charge in [-0.3, -0.25) is 14.4 Å². The fraction of sp³-hybridized carbons (Fsp3) is 0.474. The zero-order chi connectivity index (χ0) is 20.4. The van der Waals surface area contributed by atoms with Crippen LogP contribution in [0.3, 0.4) is 0 Å². The average molecular weight is 378 g/mol. The van der Waals surface area contributed by atoms with Crippen LogP contribution in [-0.4, -0.2) is 40.9 Å². The number of hydrogen-bond donors (Lipinski definition) is 3. The van der Waals surface area contributed by atoms with Crippen molar-refractivity contribution in [1.29, 1.82) is 0 Å². The molecule has 0 bridgehead atoms. The third-order valence-electron chi connectivity index (χ3n) is 3.63. The number of nitrogens with one attached hydrogen (secondary N) is 2. The van der Waals surface area contributed by atoms with Crippen molar-refractivity contribution in [1.82, 2.24) is 10.6 Å². The Morgan fingerprint density at radius 2 is 1.67 bits per heavy atom. The highest BCUT2D eigenvalue weighted by Gasteiger charge is 2.28. The van der Waals surface area contributed by atoms with Gasteiger partial charge in [0.1, 0.15) is 18.7 Å². The van der Waals surface area contributed by atoms with Crippen molar-refractivity contribution in [2.24, 2.45) is 5.92 Å². The number of benzene rings is 1. The molecule has 1 aromatic carbocycles. The zero-order valence-corrected chi connectivity index (χ0v) is 15.7. The molecule has 0 saturated carbocycles. The fourth-order valence-corrected chi connectivity index (χ4v) is 2.38. The summed E-state index contributed by atoms with van der Waals surface area (Å²) in [5.74, 6) is -3.04. The summed E-state index contributed by atoms with van der Waals surface area (Å²) < 4.78 is 5.06. The summed E-state index contributed by atoms with van der Waals surface area (Å²) in [5, 5.41) is 14.1. The van der Waals surface area contributed by atoms with E-state index < -0.39 is 42.3 Å². The Kier molecular flexibility index (Phi) is 8.98. The molecular weight excluding hydrogens is 352 g/mol. The van der Waals surface area contributed by atoms with Gasteiger partial charge in [0.25, 0.3) is 0 Å². The number of hydrogen-bond acceptors (Lipinski definition) is 5. The number of ether oxygens (including phenoxy) is 1. The van der Waals surface area contributed by atoms with Gasteiger partial charge in [0.2, 0.25) is 11.8 Å². The summed E-state index contributed by atoms with van der Waals surface area (Å²) in [6.07, 6.45) is -0.168. The van der Waals surface area contributed by atoms with Crippen LogP contribution in [0, 0.1) is 5.92 Å². The molecule has 0 aromatic heterocycles. The first-order valence-electron chi connectivity index (χ1n) is 8.68. The molecule has 2 atom stereocenters. The van der Waals surface area contributed by atoms with Crippen molar-refractivity contribution >= 4 is 23.8 Å². The van der Waals surface area contributed by atoms with Crippen LogP contribution >= 0.6 is 0 Å². The molecule has 0 fully saturated rings. The molecule has 148 valence electrons. The minimum absolute atomic E-state index is 0.0157. The molecule has 27 heavy (non-hydrogen) atoms. The van der Waals surface area contributed by atoms with E-state index in [0.717, 1.165) is 5.56 Å². The largest absolute Gasteiger partial charge is 0.480 e. The van der Waals surface area contributed by atoms with E-state index in [4.69, 9.17) is 4.74 Å². The van der Waals surface area contributed by atoms with E-state index in [1.165, 1.54) is 6.92 Å². The molecule has 2 amide bonds. The summed E-state index contributed by atoms with van der Waals surface area (Å²) in [6.45, 7) is 5.04. The maximum Gasteiger partial charge on any atom is 0.326 e. The average Bonchev–Trinajstić information content (AvgIpc) is 2.58. The molecule has 0 radical (unpaired) electrons. The highest BCUT2D eigenvalue weighted by atomic mass is 16.5. The summed E-state index contributed by atoms with van der Waals surface area (Å²) in [4.78, 5) is 47.0. The topological polar surface area (TPSA) is 122 Å². The number of carboxylic acids is 1. The Bertz CT molecular complexity index is 659. The Morgan fingerprint density at radius 3 is 2.19 bits per heavy atom. The smallest absolute Gasteiger partial charge is 0.326 e. The predicted molar refractivity (Wildman–Crippen MR) is 97.5 cm³/mol. The first-order chi connectivity index (χ1) is 12.7. The first-order valence-corrected chi connectivity index (χ1v) is 8.68. The normalized spacial score (nSPS) is 12.7. The third kappa shape index (κ3) is 8.84. The lowest BCUT2D eigenvalue weighted by Crippen LogP contribution is -2.52. The SMILES string of the molecule is CC(=O)N[C@@H](CC(C)C)C(=O)N[C@H](CC(=O)OCc1ccccc1)C(=O)O. The van der Waals surface area contributed by atoms with Crippen molar-refractivity contribution in [3.05, 3.63) is 35.9 Å². The molecule has 0 unspecified atom stereocenters. The molecular formula is C19H26N2O6. The highest BCUT2D eigenvalue weighted by Crippen LogP contribution is 2.07. The number of amides is 2. The van der Waals surface area contributed by atoms with Gasteiger partial charge in [-0.2, -0.15) is 0 Å². The molecule has 8 nitrogen and oxygen atoms in total. The van der Waals surface area contributed by atoms with Crippen LogP contribution in [0.4, 0.5) is 0 Å². The number of esters is 1. The van der Waals surface area contributed by atoms with E-state index in [0.29, 0.717) is 6.42 Å². The quantitative estimate of drug-likeness (QED) is 0.527. The van der Waals surface area contributed by atoms with Crippen LogP contribution in [0.15, 0.2) is 30.3 Å². The van der Waals surface area contributed by atoms with Crippen LogP contribution in [0.25, 0.3) is 0 Å². The van der Waals surface area contributed by atoms with Gasteiger partial charge in [-0.15, -0.1) is 0 Å². The molecule has 0 saturated heterocycles. The van der Waals surface area contributed by atoms with Crippen molar-refractivity contribution in [3.63, 3.8) is 0 Å². The number of carbonyl (C=O) groups excluding carboxylic acids is 3. The maximum atomic E-state index is 12.3. The van der Waals surface area contributed by atoms with E-state index in [1.807, 2.05) is 19.9 Å². The third-order valence-corrected chi connectivity index (χ3v) is 3.63. The Hall–Kier alpha value is -2.90. The van der Waals surface area contributed by atoms with Crippen LogP contribution in [-0.2, 0) is 30.5 Å². The van der Waals surface area contributed by atoms with Crippen molar-refractivity contribution < 1.29 is 29.0 Å². The molecule has 0 heterocycles. The molecule has 3 N–H and O–H groups in total. The van der Waals surface area contributed by atoms with E-state index >= 15 is 0 Å². The van der Waals surface area contributed by atoms with Crippen molar-refractivity contribution in [2.75, 3.05) is 0 Å². The lowest BCUT2D eigenvalue weighted by Gasteiger charge is -2.22. The van der Waals surface area contributed by atoms with Gasteiger partial charge in [-0.1, -0.05) is 44.2 Å². The summed E-state index contributed by atoms with van der Waals surface area (Å²) >= 11 is 0. The zero-order valence-electron chi connectivity index (χ0n) is 15.7. The minimum atomic E-state index is -1.44. The van der Waals surface area contributed by atoms with E-state index in [1.54, 1.807) is 24.3 Å². The summed E-state index contributed by atoms with van der Waals surface area (Å²) in [5.41, 5.74) is 0.768. The molecule has 1 aromatic rings. The highest BCUT2D eigenvalue weighted by molar-refractivity contribution is 5.91. The van der Waals surface area contributed by atoms with Crippen LogP contribution < -0.4 is 10.6 Å². The van der Waals surface area contributed by atoms with Gasteiger partial charge in [0.15, 0.2) is 0 Å². The van der Waals surface area contributed by atoms with Gasteiger partial charge >= 0.3 is 11.9 Å². The second-order valence-corrected chi connectivity index (χ2v) is 6.63. The Labute approximate surface area is 158 Å². The van der Waals surface area contributed by atoms with Gasteiger partial charge in [0, 0.05) is 6.92 Å². The Balaban J connectivity index is 2.65. The van der Waals surface area contributed by atoms with Gasteiger partial charge < -0.3 is 20.5 Å². The van der Waals surface area contributed by atoms with Gasteiger partial charge in [0.05, 0.1) is 6.42 Å². The summed E-state index contributed by atoms with van der Waals surface area (Å²) in [6, 6.07) is 6.64. The molecule has 0 aliphatic heterocycles. The first kappa shape index (κ1) is 22.1. The van der Waals surface area contributed by atoms with Crippen LogP contribution in [0.1, 0.15) is 39.2 Å². The van der Waals surface area contributed by atoms with Gasteiger partial charge in [-0.25, -0.2) is 4.79 Å². The maximum absolute atomic E-state index is 12.3. The molecule has 8 heteroatoms. The minimum Gasteiger partial charge on any atom is -0.480 e. The molecule has 1 rings (SSSR count). The summed E-state index contributed by atoms with van der Waals surface area (Å²) in [7, 11) is 0. The number of carbonyl (C=O) groups is 4. The predicted octanol–water partition coefficient (Wildman–Crippen LogP) is 1.24. The lowest BCUT2D eigenvalue weighted by molar-refractivity contribution is -0.151. The monoisotopic (exact) mass is 378 g/mol. The standard InChI is InChI=1S/C19H26N2O6/c1-12(2)9-15(20-13(3)22)18(24)21-16(19(25)26)10-17(23)27-11-14-7-5-4-6-8-14/h4-8,12,15-16H,9-11H2,1-3H3,(H,20,22)(H,21,24)(H,25,26)/t15-,16+/m0/s1. The number of carboxylic acid groups (broad SMARTS) is 1. The molecule has 0 aliphatic carbocycles. The van der Waals surface area contributed by atoms with Crippen molar-refractivity contribution in [2.45, 2.75) is 52.3 Å². The molecule has 0 aliphatic rings. The molecule has 0 spiro atoms. The van der Waals surface area contributed by atoms with Crippen molar-refractivity contribution in [3.8, 4) is 0 Å². The van der Waals surface area contributed by atoms with E-state index in [2.05, 4.69) is 10.6 Å². The second-order valence-electron chi connectivity index (χ2n) is 6.63. The van der Waals surface area contributed by atoms with Crippen LogP contribution in [0.5, 0.6) is 0 Å². The fourth-order valence-electron chi connectivity index (χ4n) is 2.38. The van der Waals surface area contributed by atoms with Gasteiger partial charge in [-0.05, 0) is 17.9 Å². The number of rotatable bonds is 10. The van der Waals surface area contributed by atoms with E-state index in [-0.39, 0.29) is 12.5 Å². The lowest BCUT2D eigenvalue weighted by atomic mass is 10.0. The van der Waals surface area contributed by atoms with E-state index in [9.17, 15) is 24.3 Å². The Morgan fingerprint density at radius 1 is 1.04 bits per heavy atom. The van der Waals surface area contributed by atoms with Crippen LogP contribution in [0.2, 0.25) is 0 Å². The second kappa shape index (κ2) is 10.9.